The summed E-state index contributed by atoms with van der Waals surface area (Å²) >= 11 is 0. The molecular weight excluding hydrogens is 841 g/mol. The Morgan fingerprint density at radius 1 is 0.522 bits per heavy atom. The Labute approximate surface area is 409 Å². The van der Waals surface area contributed by atoms with Crippen LogP contribution in [-0.2, 0) is 39.5 Å². The quantitative estimate of drug-likeness (QED) is 0.131. The zero-order valence-corrected chi connectivity index (χ0v) is 43.7. The lowest BCUT2D eigenvalue weighted by Crippen LogP contribution is -2.38. The molecule has 0 atom stereocenters. The van der Waals surface area contributed by atoms with Gasteiger partial charge in [-0.2, -0.15) is 0 Å². The summed E-state index contributed by atoms with van der Waals surface area (Å²) in [5.74, 6) is 2.41. The Balaban J connectivity index is 1.21. The van der Waals surface area contributed by atoms with Crippen LogP contribution in [0.3, 0.4) is 0 Å². The number of aromatic nitrogens is 4. The van der Waals surface area contributed by atoms with Crippen LogP contribution in [0.4, 0.5) is 0 Å². The van der Waals surface area contributed by atoms with E-state index in [0.29, 0.717) is 0 Å². The molecule has 0 unspecified atom stereocenters. The lowest BCUT2D eigenvalue weighted by Gasteiger charge is -2.45. The number of imidazole rings is 1. The Bertz CT molecular complexity index is 3520. The van der Waals surface area contributed by atoms with Crippen molar-refractivity contribution in [3.05, 3.63) is 178 Å². The molecule has 1 spiro atoms. The number of hydrogen-bond donors (Lipinski definition) is 0. The first kappa shape index (κ1) is 45.0. The molecule has 1 aliphatic heterocycles. The fourth-order valence-electron chi connectivity index (χ4n) is 11.6. The molecule has 5 heteroatoms. The maximum atomic E-state index is 7.09. The smallest absolute Gasteiger partial charge is 0.244 e. The summed E-state index contributed by atoms with van der Waals surface area (Å²) < 4.78 is 13.8. The van der Waals surface area contributed by atoms with Crippen molar-refractivity contribution in [2.75, 3.05) is 0 Å². The van der Waals surface area contributed by atoms with Crippen LogP contribution in [0.1, 0.15) is 154 Å². The highest BCUT2D eigenvalue weighted by Crippen LogP contribution is 2.65. The van der Waals surface area contributed by atoms with E-state index in [-0.39, 0.29) is 27.1 Å². The second kappa shape index (κ2) is 14.5. The van der Waals surface area contributed by atoms with Crippen molar-refractivity contribution < 1.29 is 9.30 Å². The van der Waals surface area contributed by atoms with Gasteiger partial charge in [0.2, 0.25) is 6.33 Å². The van der Waals surface area contributed by atoms with Crippen molar-refractivity contribution in [1.82, 2.24) is 14.1 Å². The molecule has 1 aliphatic carbocycles. The Morgan fingerprint density at radius 3 is 1.71 bits per heavy atom. The zero-order valence-electron chi connectivity index (χ0n) is 43.7. The maximum Gasteiger partial charge on any atom is 0.244 e. The molecule has 6 aromatic carbocycles. The molecule has 350 valence electrons. The topological polar surface area (TPSA) is 35.9 Å². The third-order valence-electron chi connectivity index (χ3n) is 15.3. The zero-order chi connectivity index (χ0) is 49.1. The van der Waals surface area contributed by atoms with Crippen molar-refractivity contribution >= 4 is 32.8 Å². The lowest BCUT2D eigenvalue weighted by atomic mass is 9.60. The minimum absolute atomic E-state index is 0.0119. The first-order valence-electron chi connectivity index (χ1n) is 24.9. The third-order valence-corrected chi connectivity index (χ3v) is 15.3. The summed E-state index contributed by atoms with van der Waals surface area (Å²) in [6, 6.07) is 43.5. The van der Waals surface area contributed by atoms with E-state index < -0.39 is 5.41 Å². The first-order chi connectivity index (χ1) is 32.3. The van der Waals surface area contributed by atoms with Crippen LogP contribution in [0.5, 0.6) is 11.5 Å². The van der Waals surface area contributed by atoms with Gasteiger partial charge < -0.3 is 13.9 Å². The summed E-state index contributed by atoms with van der Waals surface area (Å²) in [5, 5.41) is 2.38. The van der Waals surface area contributed by atoms with Gasteiger partial charge in [0.1, 0.15) is 17.3 Å². The van der Waals surface area contributed by atoms with E-state index in [1.807, 2.05) is 12.3 Å². The molecular formula is C64H68N4O. The maximum absolute atomic E-state index is 7.09. The number of ether oxygens (including phenoxy) is 1. The number of benzene rings is 6. The first-order valence-corrected chi connectivity index (χ1v) is 24.9. The lowest BCUT2D eigenvalue weighted by molar-refractivity contribution is -0.649. The standard InChI is InChI=1S/C64H68N4O/c1-59(2,3)38-23-28-51-44(30-38)43-26-24-41(35-53(43)68(51)55-22-17-18-29-65-55)69-42-25-27-47-54(36-42)67-37-66(16)52-21-19-20-48(58(52)67)64(47)56-45(31-39(60(4,5)6)33-49(56)62(10,11)12)46-32-40(61(7,8)9)34-50(57(46)64)63(13,14)15/h17-36H,1-16H3. The summed E-state index contributed by atoms with van der Waals surface area (Å²) in [4.78, 5) is 4.85. The molecule has 0 radical (unpaired) electrons. The molecule has 2 aliphatic rings. The van der Waals surface area contributed by atoms with Crippen LogP contribution in [0.15, 0.2) is 121 Å². The van der Waals surface area contributed by atoms with Gasteiger partial charge in [0, 0.05) is 23.0 Å². The van der Waals surface area contributed by atoms with Crippen LogP contribution in [-0.4, -0.2) is 14.1 Å². The van der Waals surface area contributed by atoms with Crippen LogP contribution in [0.25, 0.3) is 55.5 Å². The van der Waals surface area contributed by atoms with Crippen molar-refractivity contribution in [1.29, 1.82) is 0 Å². The van der Waals surface area contributed by atoms with Gasteiger partial charge in [-0.3, -0.25) is 4.57 Å². The average molecular weight is 909 g/mol. The molecule has 9 aromatic rings. The minimum Gasteiger partial charge on any atom is -0.458 e. The van der Waals surface area contributed by atoms with Gasteiger partial charge in [-0.25, -0.2) is 4.98 Å². The number of hydrogen-bond acceptors (Lipinski definition) is 2. The SMILES string of the molecule is C[n+]1[c-]n2c3c(cccc31)C1(c3ccc(Oc4ccc5c6cc(C(C)(C)C)ccc6n(-c6ccccn6)c5c4)cc3-2)c2c(cc(C(C)(C)C)cc2C(C)(C)C)-c2cc(C(C)(C)C)cc(C(C)(C)C)c21. The summed E-state index contributed by atoms with van der Waals surface area (Å²) in [6.07, 6.45) is 5.66. The highest BCUT2D eigenvalue weighted by atomic mass is 16.5. The number of para-hydroxylation sites is 1. The molecule has 69 heavy (non-hydrogen) atoms. The van der Waals surface area contributed by atoms with Crippen molar-refractivity contribution in [3.8, 4) is 34.1 Å². The van der Waals surface area contributed by atoms with Crippen molar-refractivity contribution in [2.45, 2.75) is 136 Å². The van der Waals surface area contributed by atoms with E-state index >= 15 is 0 Å². The Hall–Kier alpha value is -6.46. The predicted octanol–water partition coefficient (Wildman–Crippen LogP) is 15.7. The molecule has 11 rings (SSSR count). The van der Waals surface area contributed by atoms with E-state index in [0.717, 1.165) is 39.6 Å². The van der Waals surface area contributed by atoms with Gasteiger partial charge in [-0.15, -0.1) is 0 Å². The monoisotopic (exact) mass is 909 g/mol. The van der Waals surface area contributed by atoms with E-state index in [1.165, 1.54) is 77.5 Å². The second-order valence-corrected chi connectivity index (χ2v) is 25.3. The second-order valence-electron chi connectivity index (χ2n) is 25.3. The Morgan fingerprint density at radius 2 is 1.13 bits per heavy atom. The van der Waals surface area contributed by atoms with Gasteiger partial charge in [0.25, 0.3) is 0 Å². The van der Waals surface area contributed by atoms with Crippen LogP contribution in [0, 0.1) is 6.33 Å². The van der Waals surface area contributed by atoms with E-state index in [9.17, 15) is 0 Å². The molecule has 0 saturated carbocycles. The average Bonchev–Trinajstić information content (AvgIpc) is 3.89. The molecule has 0 saturated heterocycles. The van der Waals surface area contributed by atoms with Crippen molar-refractivity contribution in [2.24, 2.45) is 7.05 Å². The largest absolute Gasteiger partial charge is 0.458 e. The number of rotatable bonds is 3. The highest BCUT2D eigenvalue weighted by molar-refractivity contribution is 6.10. The van der Waals surface area contributed by atoms with E-state index in [1.54, 1.807) is 0 Å². The van der Waals surface area contributed by atoms with Crippen LogP contribution < -0.4 is 9.30 Å². The molecule has 3 aromatic heterocycles. The van der Waals surface area contributed by atoms with Crippen LogP contribution >= 0.6 is 0 Å². The van der Waals surface area contributed by atoms with Gasteiger partial charge in [0.05, 0.1) is 40.2 Å². The number of pyridine rings is 1. The molecule has 0 fully saturated rings. The molecule has 5 nitrogen and oxygen atoms in total. The predicted molar refractivity (Wildman–Crippen MR) is 286 cm³/mol. The van der Waals surface area contributed by atoms with Gasteiger partial charge in [-0.05, 0) is 137 Å². The number of fused-ring (bicyclic) bond motifs is 12. The fourth-order valence-corrected chi connectivity index (χ4v) is 11.6. The molecule has 0 bridgehead atoms. The Kier molecular flexibility index (Phi) is 9.49. The fraction of sp³-hybridized carbons (Fsp3) is 0.344. The van der Waals surface area contributed by atoms with Gasteiger partial charge in [-0.1, -0.05) is 165 Å². The molecule has 0 N–H and O–H groups in total. The van der Waals surface area contributed by atoms with Gasteiger partial charge >= 0.3 is 0 Å². The van der Waals surface area contributed by atoms with E-state index in [4.69, 9.17) is 9.72 Å². The van der Waals surface area contributed by atoms with Crippen LogP contribution in [0.2, 0.25) is 0 Å². The number of aryl methyl sites for hydroxylation is 1. The summed E-state index contributed by atoms with van der Waals surface area (Å²) in [6.45, 7) is 35.4. The van der Waals surface area contributed by atoms with E-state index in [2.05, 4.69) is 240 Å². The molecule has 4 heterocycles. The normalized spacial score (nSPS) is 14.5. The highest BCUT2D eigenvalue weighted by Gasteiger charge is 2.54. The van der Waals surface area contributed by atoms with Crippen molar-refractivity contribution in [3.63, 3.8) is 0 Å². The third kappa shape index (κ3) is 6.69. The number of nitrogens with zero attached hydrogens (tertiary/aromatic N) is 4. The minimum atomic E-state index is -0.653. The summed E-state index contributed by atoms with van der Waals surface area (Å²) in [7, 11) is 2.13. The molecule has 0 amide bonds. The summed E-state index contributed by atoms with van der Waals surface area (Å²) in [5.41, 5.74) is 19.3. The van der Waals surface area contributed by atoms with Gasteiger partial charge in [0.15, 0.2) is 0 Å².